The quantitative estimate of drug-likeness (QED) is 0.643. The second kappa shape index (κ2) is 7.46. The number of benzene rings is 1. The Morgan fingerprint density at radius 2 is 1.90 bits per heavy atom. The molecule has 1 amide bonds. The Morgan fingerprint density at radius 1 is 1.29 bits per heavy atom. The standard InChI is InChI=1S/C16H19NO4/c1-4-21-14(18)11-17-15(19)13-7-5-12(6-8-13)9-10-16(2,3)20/h5-8,20H,4,11H2,1-3H3,(H,17,19). The van der Waals surface area contributed by atoms with Crippen molar-refractivity contribution >= 4 is 11.9 Å². The molecule has 5 nitrogen and oxygen atoms in total. The Bertz CT molecular complexity index is 559. The molecule has 0 saturated heterocycles. The summed E-state index contributed by atoms with van der Waals surface area (Å²) in [4.78, 5) is 22.9. The van der Waals surface area contributed by atoms with Gasteiger partial charge in [-0.25, -0.2) is 0 Å². The summed E-state index contributed by atoms with van der Waals surface area (Å²) in [6, 6.07) is 6.57. The van der Waals surface area contributed by atoms with Crippen LogP contribution in [0.25, 0.3) is 0 Å². The second-order valence-corrected chi connectivity index (χ2v) is 4.87. The summed E-state index contributed by atoms with van der Waals surface area (Å²) >= 11 is 0. The summed E-state index contributed by atoms with van der Waals surface area (Å²) in [5.41, 5.74) is 0.0579. The molecule has 1 aromatic rings. The van der Waals surface area contributed by atoms with Crippen molar-refractivity contribution < 1.29 is 19.4 Å². The van der Waals surface area contributed by atoms with Crippen LogP contribution < -0.4 is 5.32 Å². The van der Waals surface area contributed by atoms with Gasteiger partial charge in [-0.05, 0) is 45.0 Å². The molecule has 0 atom stereocenters. The molecule has 0 bridgehead atoms. The van der Waals surface area contributed by atoms with Crippen molar-refractivity contribution in [1.29, 1.82) is 0 Å². The molecule has 2 N–H and O–H groups in total. The van der Waals surface area contributed by atoms with Crippen LogP contribution in [-0.4, -0.2) is 35.7 Å². The molecule has 112 valence electrons. The number of aliphatic hydroxyl groups is 1. The molecule has 1 rings (SSSR count). The molecule has 0 aromatic heterocycles. The van der Waals surface area contributed by atoms with E-state index in [1.807, 2.05) is 0 Å². The molecule has 0 aliphatic heterocycles. The Labute approximate surface area is 124 Å². The molecule has 0 spiro atoms. The smallest absolute Gasteiger partial charge is 0.325 e. The maximum Gasteiger partial charge on any atom is 0.325 e. The highest BCUT2D eigenvalue weighted by Crippen LogP contribution is 2.05. The van der Waals surface area contributed by atoms with Crippen LogP contribution in [0.1, 0.15) is 36.7 Å². The van der Waals surface area contributed by atoms with Crippen LogP contribution in [0.15, 0.2) is 24.3 Å². The fourth-order valence-electron chi connectivity index (χ4n) is 1.40. The highest BCUT2D eigenvalue weighted by molar-refractivity contribution is 5.95. The summed E-state index contributed by atoms with van der Waals surface area (Å²) in [6.45, 7) is 5.01. The highest BCUT2D eigenvalue weighted by atomic mass is 16.5. The molecule has 1 aromatic carbocycles. The van der Waals surface area contributed by atoms with Crippen molar-refractivity contribution in [3.63, 3.8) is 0 Å². The number of esters is 1. The molecule has 0 aliphatic carbocycles. The number of rotatable bonds is 4. The van der Waals surface area contributed by atoms with E-state index in [0.29, 0.717) is 11.1 Å². The monoisotopic (exact) mass is 289 g/mol. The number of carbonyl (C=O) groups is 2. The van der Waals surface area contributed by atoms with Gasteiger partial charge in [0.05, 0.1) is 6.61 Å². The third-order valence-electron chi connectivity index (χ3n) is 2.36. The number of ether oxygens (including phenoxy) is 1. The Kier molecular flexibility index (Phi) is 5.94. The van der Waals surface area contributed by atoms with E-state index in [0.717, 1.165) is 0 Å². The second-order valence-electron chi connectivity index (χ2n) is 4.87. The number of nitrogens with one attached hydrogen (secondary N) is 1. The molecule has 5 heteroatoms. The van der Waals surface area contributed by atoms with E-state index in [1.54, 1.807) is 45.0 Å². The van der Waals surface area contributed by atoms with Gasteiger partial charge in [0.1, 0.15) is 12.1 Å². The predicted molar refractivity (Wildman–Crippen MR) is 78.6 cm³/mol. The van der Waals surface area contributed by atoms with Crippen LogP contribution in [0.4, 0.5) is 0 Å². The van der Waals surface area contributed by atoms with Gasteiger partial charge in [0.15, 0.2) is 0 Å². The van der Waals surface area contributed by atoms with Gasteiger partial charge < -0.3 is 15.2 Å². The van der Waals surface area contributed by atoms with Crippen molar-refractivity contribution in [3.05, 3.63) is 35.4 Å². The van der Waals surface area contributed by atoms with Gasteiger partial charge >= 0.3 is 5.97 Å². The lowest BCUT2D eigenvalue weighted by molar-refractivity contribution is -0.141. The minimum absolute atomic E-state index is 0.160. The van der Waals surface area contributed by atoms with Crippen LogP contribution in [0.3, 0.4) is 0 Å². The van der Waals surface area contributed by atoms with Gasteiger partial charge in [0.25, 0.3) is 5.91 Å². The van der Waals surface area contributed by atoms with E-state index in [9.17, 15) is 14.7 Å². The lowest BCUT2D eigenvalue weighted by atomic mass is 10.1. The van der Waals surface area contributed by atoms with E-state index >= 15 is 0 Å². The SMILES string of the molecule is CCOC(=O)CNC(=O)c1ccc(C#CC(C)(C)O)cc1. The first-order valence-corrected chi connectivity index (χ1v) is 6.61. The van der Waals surface area contributed by atoms with Gasteiger partial charge in [-0.15, -0.1) is 0 Å². The summed E-state index contributed by atoms with van der Waals surface area (Å²) in [6.07, 6.45) is 0. The zero-order chi connectivity index (χ0) is 15.9. The number of hydrogen-bond donors (Lipinski definition) is 2. The third-order valence-corrected chi connectivity index (χ3v) is 2.36. The molecule has 0 unspecified atom stereocenters. The molecule has 0 radical (unpaired) electrons. The van der Waals surface area contributed by atoms with Gasteiger partial charge in [-0.1, -0.05) is 11.8 Å². The topological polar surface area (TPSA) is 75.6 Å². The van der Waals surface area contributed by atoms with E-state index in [-0.39, 0.29) is 19.1 Å². The minimum atomic E-state index is -1.06. The van der Waals surface area contributed by atoms with Crippen molar-refractivity contribution in [2.75, 3.05) is 13.2 Å². The van der Waals surface area contributed by atoms with Gasteiger partial charge in [-0.3, -0.25) is 9.59 Å². The molecular weight excluding hydrogens is 270 g/mol. The lowest BCUT2D eigenvalue weighted by Crippen LogP contribution is -2.30. The Morgan fingerprint density at radius 3 is 2.43 bits per heavy atom. The Hall–Kier alpha value is -2.32. The van der Waals surface area contributed by atoms with Gasteiger partial charge in [0, 0.05) is 11.1 Å². The predicted octanol–water partition coefficient (Wildman–Crippen LogP) is 1.10. The van der Waals surface area contributed by atoms with Crippen LogP contribution >= 0.6 is 0 Å². The molecule has 0 aliphatic rings. The maximum atomic E-state index is 11.8. The minimum Gasteiger partial charge on any atom is -0.465 e. The van der Waals surface area contributed by atoms with E-state index < -0.39 is 11.6 Å². The van der Waals surface area contributed by atoms with E-state index in [2.05, 4.69) is 17.2 Å². The van der Waals surface area contributed by atoms with Gasteiger partial charge in [-0.2, -0.15) is 0 Å². The normalized spacial score (nSPS) is 10.3. The maximum absolute atomic E-state index is 11.8. The summed E-state index contributed by atoms with van der Waals surface area (Å²) in [5, 5.41) is 12.0. The lowest BCUT2D eigenvalue weighted by Gasteiger charge is -2.06. The van der Waals surface area contributed by atoms with Gasteiger partial charge in [0.2, 0.25) is 0 Å². The van der Waals surface area contributed by atoms with Crippen LogP contribution in [0.2, 0.25) is 0 Å². The van der Waals surface area contributed by atoms with E-state index in [4.69, 9.17) is 4.74 Å². The summed E-state index contributed by atoms with van der Waals surface area (Å²) in [7, 11) is 0. The third kappa shape index (κ3) is 6.59. The molecule has 0 heterocycles. The zero-order valence-electron chi connectivity index (χ0n) is 12.4. The van der Waals surface area contributed by atoms with Crippen molar-refractivity contribution in [3.8, 4) is 11.8 Å². The van der Waals surface area contributed by atoms with Crippen molar-refractivity contribution in [2.24, 2.45) is 0 Å². The van der Waals surface area contributed by atoms with Crippen LogP contribution in [0.5, 0.6) is 0 Å². The molecule has 21 heavy (non-hydrogen) atoms. The fourth-order valence-corrected chi connectivity index (χ4v) is 1.40. The number of hydrogen-bond acceptors (Lipinski definition) is 4. The van der Waals surface area contributed by atoms with Crippen LogP contribution in [0, 0.1) is 11.8 Å². The summed E-state index contributed by atoms with van der Waals surface area (Å²) in [5.74, 6) is 4.67. The average Bonchev–Trinajstić information content (AvgIpc) is 2.42. The van der Waals surface area contributed by atoms with Crippen LogP contribution in [-0.2, 0) is 9.53 Å². The Balaban J connectivity index is 2.63. The zero-order valence-corrected chi connectivity index (χ0v) is 12.4. The highest BCUT2D eigenvalue weighted by Gasteiger charge is 2.08. The molecular formula is C16H19NO4. The summed E-state index contributed by atoms with van der Waals surface area (Å²) < 4.78 is 4.72. The van der Waals surface area contributed by atoms with Crippen molar-refractivity contribution in [1.82, 2.24) is 5.32 Å². The first-order valence-electron chi connectivity index (χ1n) is 6.61. The largest absolute Gasteiger partial charge is 0.465 e. The average molecular weight is 289 g/mol. The fraction of sp³-hybridized carbons (Fsp3) is 0.375. The number of carbonyl (C=O) groups excluding carboxylic acids is 2. The first-order chi connectivity index (χ1) is 9.81. The van der Waals surface area contributed by atoms with E-state index in [1.165, 1.54) is 0 Å². The molecule has 0 saturated carbocycles. The molecule has 0 fully saturated rings. The van der Waals surface area contributed by atoms with Crippen molar-refractivity contribution in [2.45, 2.75) is 26.4 Å². The first kappa shape index (κ1) is 16.7. The number of amides is 1.